The van der Waals surface area contributed by atoms with Gasteiger partial charge in [0.25, 0.3) is 0 Å². The van der Waals surface area contributed by atoms with Gasteiger partial charge in [-0.05, 0) is 88.4 Å². The summed E-state index contributed by atoms with van der Waals surface area (Å²) < 4.78 is 0. The van der Waals surface area contributed by atoms with Gasteiger partial charge in [-0.2, -0.15) is 0 Å². The van der Waals surface area contributed by atoms with E-state index >= 15 is 38.4 Å². The molecule has 0 saturated carbocycles. The molecule has 6 aromatic carbocycles. The second-order valence-corrected chi connectivity index (χ2v) is 34.2. The van der Waals surface area contributed by atoms with E-state index in [-0.39, 0.29) is 74.5 Å². The molecule has 35 nitrogen and oxygen atoms in total. The van der Waals surface area contributed by atoms with Crippen molar-refractivity contribution in [2.24, 2.45) is 23.3 Å². The third-order valence-electron chi connectivity index (χ3n) is 22.1. The van der Waals surface area contributed by atoms with E-state index in [1.807, 2.05) is 6.92 Å². The topological polar surface area (TPSA) is 506 Å². The molecule has 2 heterocycles. The molecule has 8 rings (SSSR count). The van der Waals surface area contributed by atoms with Crippen molar-refractivity contribution in [3.8, 4) is 11.5 Å². The Kier molecular flexibility index (Phi) is 38.2. The van der Waals surface area contributed by atoms with Crippen molar-refractivity contribution in [3.63, 3.8) is 0 Å². The number of primary amides is 2. The Labute approximate surface area is 753 Å². The molecule has 36 heteroatoms. The number of thioether (sulfide) groups is 1. The summed E-state index contributed by atoms with van der Waals surface area (Å²) in [6.45, 7) is 6.29. The fourth-order valence-corrected chi connectivity index (χ4v) is 15.8. The van der Waals surface area contributed by atoms with Gasteiger partial charge in [0, 0.05) is 96.6 Å². The number of phenols is 2. The van der Waals surface area contributed by atoms with Crippen LogP contribution in [0.2, 0.25) is 0 Å². The van der Waals surface area contributed by atoms with E-state index in [2.05, 4.69) is 52.8 Å². The number of hydrogen-bond acceptors (Lipinski definition) is 19. The van der Waals surface area contributed by atoms with E-state index < -0.39 is 199 Å². The first-order valence-corrected chi connectivity index (χ1v) is 43.9. The van der Waals surface area contributed by atoms with Gasteiger partial charge in [-0.3, -0.25) is 76.7 Å². The molecule has 1 aromatic heterocycles. The fourth-order valence-electron chi connectivity index (χ4n) is 15.0. The summed E-state index contributed by atoms with van der Waals surface area (Å²) in [5, 5.41) is 45.5. The number of benzene rings is 6. The lowest BCUT2D eigenvalue weighted by Gasteiger charge is -2.37. The van der Waals surface area contributed by atoms with Gasteiger partial charge in [-0.25, -0.2) is 0 Å². The second kappa shape index (κ2) is 48.9. The van der Waals surface area contributed by atoms with E-state index in [9.17, 15) is 48.6 Å². The molecule has 0 radical (unpaired) electrons. The molecule has 0 unspecified atom stereocenters. The van der Waals surface area contributed by atoms with Crippen LogP contribution in [0.25, 0.3) is 10.9 Å². The van der Waals surface area contributed by atoms with Gasteiger partial charge >= 0.3 is 0 Å². The lowest BCUT2D eigenvalue weighted by atomic mass is 9.98. The SMILES string of the molecule is CCCC[C@H]1C(=O)N(C)CC(=O)N[C@@H](CC(N)=O)C(=O)N[C@@H](C(C)C)C(=O)N(C)[C@@H](Cc2ccccc2)C(=O)N[C@H](Cc2ccc(O)cc2)C(=O)N(C)CC(=O)N[C@@H](Cc2c[nH]c3ccccc23)C(=O)N[C@@H](Cc2ccc(O)cc2)C(=O)N[C@@H](CC(C)C)C(=O)N[C@H](C(=O)NCC(N)=O)CSCC(=O)N[C@H](Cc2ccccc2)C(=O)N(C)[C@@H](Cc2ccccc2)C(=O)N1C. The van der Waals surface area contributed by atoms with Crippen LogP contribution in [0.3, 0.4) is 0 Å². The molecule has 7 aromatic rings. The van der Waals surface area contributed by atoms with Crippen molar-refractivity contribution in [3.05, 3.63) is 203 Å². The lowest BCUT2D eigenvalue weighted by Crippen LogP contribution is -2.61. The maximum Gasteiger partial charge on any atom is 0.246 e. The summed E-state index contributed by atoms with van der Waals surface area (Å²) in [7, 11) is 6.61. The first-order valence-electron chi connectivity index (χ1n) is 42.7. The minimum absolute atomic E-state index is 0.0464. The predicted molar refractivity (Wildman–Crippen MR) is 484 cm³/mol. The molecule has 129 heavy (non-hydrogen) atoms. The zero-order valence-electron chi connectivity index (χ0n) is 74.2. The number of likely N-dealkylation sites (N-methyl/N-ethyl adjacent to an activating group) is 5. The summed E-state index contributed by atoms with van der Waals surface area (Å²) in [5.74, 6) is -16.6. The summed E-state index contributed by atoms with van der Waals surface area (Å²) >= 11 is 0.834. The van der Waals surface area contributed by atoms with Gasteiger partial charge in [0.1, 0.15) is 78.0 Å². The largest absolute Gasteiger partial charge is 0.508 e. The fraction of sp³-hybridized carbons (Fsp3) is 0.419. The predicted octanol–water partition coefficient (Wildman–Crippen LogP) is 1.73. The molecule has 16 N–H and O–H groups in total. The quantitative estimate of drug-likeness (QED) is 0.0434. The highest BCUT2D eigenvalue weighted by Gasteiger charge is 2.42. The minimum atomic E-state index is -1.78. The van der Waals surface area contributed by atoms with Crippen LogP contribution in [-0.4, -0.2) is 267 Å². The number of aromatic amines is 1. The third-order valence-corrected chi connectivity index (χ3v) is 23.1. The average molecular weight is 1800 g/mol. The van der Waals surface area contributed by atoms with E-state index in [4.69, 9.17) is 11.5 Å². The smallest absolute Gasteiger partial charge is 0.246 e. The van der Waals surface area contributed by atoms with Crippen molar-refractivity contribution in [1.29, 1.82) is 0 Å². The highest BCUT2D eigenvalue weighted by molar-refractivity contribution is 8.00. The molecule has 1 aliphatic heterocycles. The van der Waals surface area contributed by atoms with Crippen molar-refractivity contribution in [1.82, 2.24) is 77.3 Å². The van der Waals surface area contributed by atoms with Crippen LogP contribution in [0.1, 0.15) is 100 Å². The molecule has 1 saturated heterocycles. The number of para-hydroxylation sites is 1. The number of phenolic OH excluding ortho intramolecular Hbond substituents is 2. The van der Waals surface area contributed by atoms with Gasteiger partial charge in [0.05, 0.1) is 31.8 Å². The zero-order valence-corrected chi connectivity index (χ0v) is 75.0. The number of rotatable bonds is 23. The molecule has 16 amide bonds. The van der Waals surface area contributed by atoms with Crippen LogP contribution in [-0.2, 0) is 115 Å². The van der Waals surface area contributed by atoms with Crippen LogP contribution in [0, 0.1) is 11.8 Å². The Morgan fingerprint density at radius 2 is 0.884 bits per heavy atom. The highest BCUT2D eigenvalue weighted by Crippen LogP contribution is 2.25. The Bertz CT molecular complexity index is 5070. The maximum absolute atomic E-state index is 15.5. The number of aromatic hydroxyl groups is 2. The molecule has 0 bridgehead atoms. The molecule has 0 spiro atoms. The van der Waals surface area contributed by atoms with Crippen LogP contribution in [0.5, 0.6) is 11.5 Å². The van der Waals surface area contributed by atoms with Gasteiger partial charge in [-0.1, -0.05) is 181 Å². The summed E-state index contributed by atoms with van der Waals surface area (Å²) in [5.41, 5.74) is 14.9. The summed E-state index contributed by atoms with van der Waals surface area (Å²) in [6.07, 6.45) is 0.417. The summed E-state index contributed by atoms with van der Waals surface area (Å²) in [6, 6.07) is 27.7. The number of nitrogens with two attached hydrogens (primary N) is 2. The molecule has 1 aliphatic rings. The van der Waals surface area contributed by atoms with Crippen molar-refractivity contribution in [2.75, 3.05) is 66.4 Å². The van der Waals surface area contributed by atoms with Gasteiger partial charge in [0.15, 0.2) is 0 Å². The molecule has 11 atom stereocenters. The number of fused-ring (bicyclic) bond motifs is 1. The third kappa shape index (κ3) is 30.5. The number of nitrogens with zero attached hydrogens (tertiary/aromatic N) is 5. The summed E-state index contributed by atoms with van der Waals surface area (Å²) in [4.78, 5) is 244. The molecule has 690 valence electrons. The number of unbranched alkanes of at least 4 members (excludes halogenated alkanes) is 1. The molecular weight excluding hydrogens is 1680 g/mol. The minimum Gasteiger partial charge on any atom is -0.508 e. The Balaban J connectivity index is 1.21. The van der Waals surface area contributed by atoms with E-state index in [1.165, 1.54) is 93.6 Å². The molecule has 0 aliphatic carbocycles. The number of carbonyl (C=O) groups excluding carboxylic acids is 16. The van der Waals surface area contributed by atoms with Crippen molar-refractivity contribution < 1.29 is 86.9 Å². The van der Waals surface area contributed by atoms with Crippen LogP contribution < -0.4 is 59.3 Å². The number of carbonyl (C=O) groups is 16. The Morgan fingerprint density at radius 1 is 0.442 bits per heavy atom. The van der Waals surface area contributed by atoms with Crippen LogP contribution >= 0.6 is 11.8 Å². The standard InChI is InChI=1S/C93H119N17O18S/c1-11-12-32-74-91(126)107(7)52-80(116)99-70(48-77(94)113)87(122)105-82(56(4)5)93(128)109(9)75(45-58-26-18-14-19-27-58)88(123)103-71(44-61-35-39-64(112)40-36-61)89(124)106(6)51-79(115)98-69(47-62-49-96-66-31-23-22-30-65(62)66)86(121)102-68(42-60-33-37-63(111)38-34-60)85(120)101-67(41-55(2)3)84(119)104-73(83(118)97-50-78(95)114)53-129-54-81(117)100-72(43-57-24-16-13-17-25-57)90(125)110(10)76(92(127)108(74)8)46-59-28-20-15-21-29-59/h13-31,33-40,49,55-56,67-76,82,96,111-112H,11-12,32,41-48,50-54H2,1-10H3,(H2,94,113)(H2,95,114)(H,97,118)(H,98,115)(H,99,116)(H,100,117)(H,101,120)(H,102,121)(H,103,123)(H,104,119)(H,105,122)/t67-,68-,69-,70-,71+,72+,73-,74-,75-,76-,82-/m0/s1. The van der Waals surface area contributed by atoms with Crippen molar-refractivity contribution >= 4 is 117 Å². The second-order valence-electron chi connectivity index (χ2n) is 33.1. The Hall–Kier alpha value is -13.7. The Morgan fingerprint density at radius 3 is 1.42 bits per heavy atom. The van der Waals surface area contributed by atoms with Gasteiger partial charge < -0.3 is 99.0 Å². The van der Waals surface area contributed by atoms with E-state index in [0.29, 0.717) is 57.1 Å². The van der Waals surface area contributed by atoms with E-state index in [1.54, 1.807) is 149 Å². The molecular formula is C93H119N17O18S. The van der Waals surface area contributed by atoms with Crippen LogP contribution in [0.15, 0.2) is 170 Å². The highest BCUT2D eigenvalue weighted by atomic mass is 32.2. The zero-order chi connectivity index (χ0) is 94.3. The number of amides is 16. The van der Waals surface area contributed by atoms with Crippen molar-refractivity contribution in [2.45, 2.75) is 172 Å². The normalized spacial score (nSPS) is 21.9. The maximum atomic E-state index is 15.5. The number of hydrogen-bond donors (Lipinski definition) is 14. The first-order chi connectivity index (χ1) is 61.4. The van der Waals surface area contributed by atoms with Gasteiger partial charge in [0.2, 0.25) is 94.5 Å². The van der Waals surface area contributed by atoms with E-state index in [0.717, 1.165) is 26.5 Å². The lowest BCUT2D eigenvalue weighted by molar-refractivity contribution is -0.151. The van der Waals surface area contributed by atoms with Gasteiger partial charge in [-0.15, -0.1) is 11.8 Å². The van der Waals surface area contributed by atoms with Crippen LogP contribution in [0.4, 0.5) is 0 Å². The average Bonchev–Trinajstić information content (AvgIpc) is 1.50. The molecule has 1 fully saturated rings. The monoisotopic (exact) mass is 1790 g/mol. The number of nitrogens with one attached hydrogen (secondary N) is 10. The first kappa shape index (κ1) is 101. The number of aromatic nitrogens is 1. The number of H-pyrrole nitrogens is 1.